The molecule has 2 N–H and O–H groups in total. The highest BCUT2D eigenvalue weighted by Gasteiger charge is 2.15. The van der Waals surface area contributed by atoms with Gasteiger partial charge in [-0.25, -0.2) is 0 Å². The topological polar surface area (TPSA) is 33.3 Å². The van der Waals surface area contributed by atoms with Crippen molar-refractivity contribution in [1.29, 1.82) is 0 Å². The van der Waals surface area contributed by atoms with E-state index in [0.29, 0.717) is 6.61 Å². The third-order valence-electron chi connectivity index (χ3n) is 4.81. The molecular weight excluding hydrogens is 344 g/mol. The number of rotatable bonds is 10. The van der Waals surface area contributed by atoms with Gasteiger partial charge in [-0.15, -0.1) is 0 Å². The van der Waals surface area contributed by atoms with Crippen LogP contribution in [0.1, 0.15) is 36.5 Å². The maximum atomic E-state index is 6.26. The zero-order valence-corrected chi connectivity index (χ0v) is 16.3. The van der Waals surface area contributed by atoms with Crippen molar-refractivity contribution in [3.05, 3.63) is 64.2 Å². The van der Waals surface area contributed by atoms with Crippen LogP contribution in [0.25, 0.3) is 0 Å². The fourth-order valence-corrected chi connectivity index (χ4v) is 3.32. The number of aryl methyl sites for hydroxylation is 1. The Balaban J connectivity index is 1.50. The Morgan fingerprint density at radius 1 is 1.08 bits per heavy atom. The first-order valence-corrected chi connectivity index (χ1v) is 10.0. The predicted octanol–water partition coefficient (Wildman–Crippen LogP) is 4.57. The first kappa shape index (κ1) is 19.2. The first-order valence-electron chi connectivity index (χ1n) is 9.64. The Morgan fingerprint density at radius 3 is 2.54 bits per heavy atom. The van der Waals surface area contributed by atoms with E-state index < -0.39 is 0 Å². The number of unbranched alkanes of at least 4 members (excludes halogenated alkanes) is 1. The van der Waals surface area contributed by atoms with Crippen molar-refractivity contribution in [2.24, 2.45) is 5.92 Å². The van der Waals surface area contributed by atoms with Gasteiger partial charge in [-0.3, -0.25) is 0 Å². The van der Waals surface area contributed by atoms with Crippen LogP contribution in [0.3, 0.4) is 0 Å². The largest absolute Gasteiger partial charge is 0.489 e. The standard InChI is InChI=1S/C22H29ClN2O/c1-2-3-4-17-5-7-18(8-6-17)16-26-22-10-19(9-21(23)11-22)12-24-13-20-14-25-15-20/h5-11,20,24-25H,2-4,12-16H2,1H3. The van der Waals surface area contributed by atoms with Crippen LogP contribution >= 0.6 is 11.6 Å². The number of hydrogen-bond acceptors (Lipinski definition) is 3. The van der Waals surface area contributed by atoms with Gasteiger partial charge in [0.15, 0.2) is 0 Å². The summed E-state index contributed by atoms with van der Waals surface area (Å²) in [5.41, 5.74) is 3.74. The molecule has 0 bridgehead atoms. The van der Waals surface area contributed by atoms with E-state index in [-0.39, 0.29) is 0 Å². The summed E-state index contributed by atoms with van der Waals surface area (Å²) in [5, 5.41) is 7.51. The summed E-state index contributed by atoms with van der Waals surface area (Å²) in [5.74, 6) is 1.58. The monoisotopic (exact) mass is 372 g/mol. The third kappa shape index (κ3) is 6.01. The maximum absolute atomic E-state index is 6.26. The molecule has 0 atom stereocenters. The van der Waals surface area contributed by atoms with E-state index in [9.17, 15) is 0 Å². The second-order valence-corrected chi connectivity index (χ2v) is 7.60. The van der Waals surface area contributed by atoms with Crippen molar-refractivity contribution in [1.82, 2.24) is 10.6 Å². The molecule has 0 aromatic heterocycles. The van der Waals surface area contributed by atoms with Gasteiger partial charge in [-0.1, -0.05) is 49.2 Å². The quantitative estimate of drug-likeness (QED) is 0.640. The number of nitrogens with one attached hydrogen (secondary N) is 2. The van der Waals surface area contributed by atoms with Gasteiger partial charge in [0.05, 0.1) is 0 Å². The summed E-state index contributed by atoms with van der Waals surface area (Å²) in [4.78, 5) is 0. The van der Waals surface area contributed by atoms with Gasteiger partial charge in [0.1, 0.15) is 12.4 Å². The van der Waals surface area contributed by atoms with Crippen molar-refractivity contribution >= 4 is 11.6 Å². The number of ether oxygens (including phenoxy) is 1. The molecule has 4 heteroatoms. The molecule has 1 aliphatic heterocycles. The van der Waals surface area contributed by atoms with Crippen molar-refractivity contribution in [3.8, 4) is 5.75 Å². The molecule has 0 spiro atoms. The lowest BCUT2D eigenvalue weighted by atomic mass is 10.0. The summed E-state index contributed by atoms with van der Waals surface area (Å²) < 4.78 is 5.97. The summed E-state index contributed by atoms with van der Waals surface area (Å²) >= 11 is 6.26. The number of benzene rings is 2. The van der Waals surface area contributed by atoms with Crippen molar-refractivity contribution < 1.29 is 4.74 Å². The Labute approximate surface area is 162 Å². The Bertz CT molecular complexity index is 683. The molecule has 2 aromatic carbocycles. The van der Waals surface area contributed by atoms with Gasteiger partial charge in [0.2, 0.25) is 0 Å². The Morgan fingerprint density at radius 2 is 1.85 bits per heavy atom. The second-order valence-electron chi connectivity index (χ2n) is 7.16. The summed E-state index contributed by atoms with van der Waals surface area (Å²) in [7, 11) is 0. The molecule has 3 rings (SSSR count). The van der Waals surface area contributed by atoms with Gasteiger partial charge in [0.25, 0.3) is 0 Å². The molecule has 0 unspecified atom stereocenters. The molecule has 0 saturated carbocycles. The fraction of sp³-hybridized carbons (Fsp3) is 0.455. The van der Waals surface area contributed by atoms with Crippen molar-refractivity contribution in [2.75, 3.05) is 19.6 Å². The molecular formula is C22H29ClN2O. The molecule has 1 aliphatic rings. The van der Waals surface area contributed by atoms with Gasteiger partial charge in [-0.05, 0) is 53.6 Å². The maximum Gasteiger partial charge on any atom is 0.121 e. The summed E-state index contributed by atoms with van der Waals surface area (Å²) in [6, 6.07) is 14.7. The van der Waals surface area contributed by atoms with Crippen LogP contribution in [0.5, 0.6) is 5.75 Å². The highest BCUT2D eigenvalue weighted by molar-refractivity contribution is 6.30. The average molecular weight is 373 g/mol. The van der Waals surface area contributed by atoms with E-state index >= 15 is 0 Å². The average Bonchev–Trinajstić information content (AvgIpc) is 2.61. The van der Waals surface area contributed by atoms with Gasteiger partial charge in [0, 0.05) is 31.2 Å². The fourth-order valence-electron chi connectivity index (χ4n) is 3.07. The SMILES string of the molecule is CCCCc1ccc(COc2cc(Cl)cc(CNCC3CNC3)c2)cc1. The lowest BCUT2D eigenvalue weighted by Gasteiger charge is -2.27. The summed E-state index contributed by atoms with van der Waals surface area (Å²) in [6.45, 7) is 6.89. The predicted molar refractivity (Wildman–Crippen MR) is 109 cm³/mol. The van der Waals surface area contributed by atoms with Crippen LogP contribution < -0.4 is 15.4 Å². The van der Waals surface area contributed by atoms with E-state index in [1.165, 1.54) is 24.0 Å². The van der Waals surface area contributed by atoms with Crippen LogP contribution in [0.2, 0.25) is 5.02 Å². The second kappa shape index (κ2) is 9.96. The molecule has 0 radical (unpaired) electrons. The van der Waals surface area contributed by atoms with Crippen LogP contribution in [-0.2, 0) is 19.6 Å². The van der Waals surface area contributed by atoms with Crippen molar-refractivity contribution in [2.45, 2.75) is 39.3 Å². The van der Waals surface area contributed by atoms with E-state index in [4.69, 9.17) is 16.3 Å². The molecule has 0 amide bonds. The minimum absolute atomic E-state index is 0.564. The highest BCUT2D eigenvalue weighted by Crippen LogP contribution is 2.22. The first-order chi connectivity index (χ1) is 12.7. The van der Waals surface area contributed by atoms with Gasteiger partial charge in [-0.2, -0.15) is 0 Å². The number of halogens is 1. The molecule has 1 heterocycles. The van der Waals surface area contributed by atoms with Crippen LogP contribution in [0, 0.1) is 5.92 Å². The molecule has 1 saturated heterocycles. The van der Waals surface area contributed by atoms with Gasteiger partial charge >= 0.3 is 0 Å². The zero-order valence-electron chi connectivity index (χ0n) is 15.6. The molecule has 2 aromatic rings. The smallest absolute Gasteiger partial charge is 0.121 e. The normalized spacial score (nSPS) is 14.2. The molecule has 140 valence electrons. The van der Waals surface area contributed by atoms with Crippen LogP contribution in [-0.4, -0.2) is 19.6 Å². The highest BCUT2D eigenvalue weighted by atomic mass is 35.5. The molecule has 3 nitrogen and oxygen atoms in total. The molecule has 0 aliphatic carbocycles. The third-order valence-corrected chi connectivity index (χ3v) is 5.02. The minimum Gasteiger partial charge on any atom is -0.489 e. The molecule has 1 fully saturated rings. The van der Waals surface area contributed by atoms with E-state index in [0.717, 1.165) is 54.9 Å². The van der Waals surface area contributed by atoms with Crippen LogP contribution in [0.4, 0.5) is 0 Å². The van der Waals surface area contributed by atoms with E-state index in [2.05, 4.69) is 47.9 Å². The van der Waals surface area contributed by atoms with Crippen LogP contribution in [0.15, 0.2) is 42.5 Å². The van der Waals surface area contributed by atoms with E-state index in [1.54, 1.807) is 0 Å². The lowest BCUT2D eigenvalue weighted by molar-refractivity contribution is 0.305. The van der Waals surface area contributed by atoms with Gasteiger partial charge < -0.3 is 15.4 Å². The minimum atomic E-state index is 0.564. The van der Waals surface area contributed by atoms with E-state index in [1.807, 2.05) is 12.1 Å². The lowest BCUT2D eigenvalue weighted by Crippen LogP contribution is -2.47. The number of hydrogen-bond donors (Lipinski definition) is 2. The molecule has 26 heavy (non-hydrogen) atoms. The summed E-state index contributed by atoms with van der Waals surface area (Å²) in [6.07, 6.45) is 3.63. The zero-order chi connectivity index (χ0) is 18.2. The Kier molecular flexibility index (Phi) is 7.36. The van der Waals surface area contributed by atoms with Crippen molar-refractivity contribution in [3.63, 3.8) is 0 Å². The Hall–Kier alpha value is -1.55.